The number of benzene rings is 1. The molecule has 116 valence electrons. The summed E-state index contributed by atoms with van der Waals surface area (Å²) in [6, 6.07) is 7.19. The van der Waals surface area contributed by atoms with Crippen LogP contribution < -0.4 is 5.32 Å². The number of rotatable bonds is 3. The Kier molecular flexibility index (Phi) is 3.34. The van der Waals surface area contributed by atoms with Crippen molar-refractivity contribution in [3.8, 4) is 0 Å². The molecule has 1 atom stereocenters. The second-order valence-corrected chi connectivity index (χ2v) is 6.17. The number of hydrogen-bond acceptors (Lipinski definition) is 5. The summed E-state index contributed by atoms with van der Waals surface area (Å²) < 4.78 is 7.14. The number of cyclic esters (lactones) is 1. The number of esters is 1. The summed E-state index contributed by atoms with van der Waals surface area (Å²) in [7, 11) is 0. The van der Waals surface area contributed by atoms with Crippen molar-refractivity contribution in [2.75, 3.05) is 0 Å². The zero-order valence-electron chi connectivity index (χ0n) is 12.1. The number of carbonyl (C=O) groups excluding carboxylic acids is 2. The van der Waals surface area contributed by atoms with Crippen molar-refractivity contribution in [2.45, 2.75) is 19.1 Å². The number of imidazole rings is 1. The number of fused-ring (bicyclic) bond motifs is 2. The summed E-state index contributed by atoms with van der Waals surface area (Å²) in [6.07, 6.45) is 3.39. The fourth-order valence-electron chi connectivity index (χ4n) is 2.63. The van der Waals surface area contributed by atoms with Gasteiger partial charge in [0.1, 0.15) is 0 Å². The first-order valence-electron chi connectivity index (χ1n) is 7.18. The molecule has 23 heavy (non-hydrogen) atoms. The van der Waals surface area contributed by atoms with Crippen LogP contribution in [0.1, 0.15) is 21.6 Å². The lowest BCUT2D eigenvalue weighted by atomic mass is 9.98. The summed E-state index contributed by atoms with van der Waals surface area (Å²) >= 11 is 1.53. The van der Waals surface area contributed by atoms with Crippen molar-refractivity contribution >= 4 is 28.2 Å². The third-order valence-electron chi connectivity index (χ3n) is 3.77. The van der Waals surface area contributed by atoms with Crippen molar-refractivity contribution in [1.29, 1.82) is 0 Å². The molecule has 0 unspecified atom stereocenters. The molecule has 2 aromatic heterocycles. The first-order valence-corrected chi connectivity index (χ1v) is 8.06. The first kappa shape index (κ1) is 14.0. The number of aromatic nitrogens is 2. The van der Waals surface area contributed by atoms with Crippen molar-refractivity contribution in [1.82, 2.24) is 14.7 Å². The van der Waals surface area contributed by atoms with Gasteiger partial charge in [0.25, 0.3) is 5.91 Å². The fourth-order valence-corrected chi connectivity index (χ4v) is 3.35. The molecular formula is C16H13N3O3S. The lowest BCUT2D eigenvalue weighted by Crippen LogP contribution is -2.41. The lowest BCUT2D eigenvalue weighted by molar-refractivity contribution is -0.130. The summed E-state index contributed by atoms with van der Waals surface area (Å²) in [4.78, 5) is 29.5. The van der Waals surface area contributed by atoms with Gasteiger partial charge in [-0.2, -0.15) is 0 Å². The monoisotopic (exact) mass is 327 g/mol. The molecule has 3 aromatic rings. The van der Waals surface area contributed by atoms with Crippen LogP contribution in [0.3, 0.4) is 0 Å². The number of thiazole rings is 1. The molecule has 0 fully saturated rings. The molecule has 4 rings (SSSR count). The molecule has 1 aliphatic heterocycles. The van der Waals surface area contributed by atoms with E-state index in [4.69, 9.17) is 4.74 Å². The van der Waals surface area contributed by atoms with Gasteiger partial charge >= 0.3 is 5.97 Å². The van der Waals surface area contributed by atoms with Crippen LogP contribution in [0.25, 0.3) is 4.96 Å². The third-order valence-corrected chi connectivity index (χ3v) is 4.54. The lowest BCUT2D eigenvalue weighted by Gasteiger charge is -2.23. The standard InChI is InChI=1S/C16H13N3O3S/c20-14(17-8-11-9-19-5-6-23-16(19)18-11)13-7-10-3-1-2-4-12(10)15(21)22-13/h1-6,9,13H,7-8H2,(H,17,20)/t13-/m1/s1. The Morgan fingerprint density at radius 3 is 3.17 bits per heavy atom. The number of carbonyl (C=O) groups is 2. The van der Waals surface area contributed by atoms with Crippen LogP contribution in [-0.2, 0) is 22.5 Å². The maximum Gasteiger partial charge on any atom is 0.339 e. The van der Waals surface area contributed by atoms with Gasteiger partial charge in [0.2, 0.25) is 0 Å². The summed E-state index contributed by atoms with van der Waals surface area (Å²) in [5.74, 6) is -0.751. The smallest absolute Gasteiger partial charge is 0.339 e. The van der Waals surface area contributed by atoms with E-state index < -0.39 is 12.1 Å². The zero-order chi connectivity index (χ0) is 15.8. The van der Waals surface area contributed by atoms with Gasteiger partial charge in [-0.1, -0.05) is 18.2 Å². The van der Waals surface area contributed by atoms with Gasteiger partial charge in [-0.3, -0.25) is 9.20 Å². The summed E-state index contributed by atoms with van der Waals surface area (Å²) in [6.45, 7) is 0.308. The summed E-state index contributed by atoms with van der Waals surface area (Å²) in [5.41, 5.74) is 2.14. The average molecular weight is 327 g/mol. The number of nitrogens with one attached hydrogen (secondary N) is 1. The minimum Gasteiger partial charge on any atom is -0.448 e. The van der Waals surface area contributed by atoms with E-state index in [2.05, 4.69) is 10.3 Å². The van der Waals surface area contributed by atoms with Gasteiger partial charge in [-0.15, -0.1) is 11.3 Å². The van der Waals surface area contributed by atoms with Gasteiger partial charge in [-0.25, -0.2) is 9.78 Å². The third kappa shape index (κ3) is 2.59. The van der Waals surface area contributed by atoms with E-state index >= 15 is 0 Å². The maximum atomic E-state index is 12.3. The Morgan fingerprint density at radius 2 is 2.30 bits per heavy atom. The van der Waals surface area contributed by atoms with E-state index in [0.717, 1.165) is 16.2 Å². The largest absolute Gasteiger partial charge is 0.448 e. The minimum atomic E-state index is -0.791. The number of ether oxygens (including phenoxy) is 1. The molecule has 1 amide bonds. The molecule has 1 N–H and O–H groups in total. The van der Waals surface area contributed by atoms with Crippen LogP contribution in [0.5, 0.6) is 0 Å². The van der Waals surface area contributed by atoms with E-state index in [1.54, 1.807) is 12.1 Å². The molecule has 1 aromatic carbocycles. The normalized spacial score (nSPS) is 16.9. The van der Waals surface area contributed by atoms with Gasteiger partial charge in [-0.05, 0) is 11.6 Å². The van der Waals surface area contributed by atoms with Crippen molar-refractivity contribution in [3.05, 3.63) is 58.9 Å². The predicted molar refractivity (Wildman–Crippen MR) is 84.3 cm³/mol. The highest BCUT2D eigenvalue weighted by Gasteiger charge is 2.30. The highest BCUT2D eigenvalue weighted by atomic mass is 32.1. The maximum absolute atomic E-state index is 12.3. The number of hydrogen-bond donors (Lipinski definition) is 1. The Morgan fingerprint density at radius 1 is 1.43 bits per heavy atom. The van der Waals surface area contributed by atoms with E-state index in [1.807, 2.05) is 34.3 Å². The molecule has 3 heterocycles. The molecule has 0 aliphatic carbocycles. The van der Waals surface area contributed by atoms with Crippen molar-refractivity contribution in [3.63, 3.8) is 0 Å². The SMILES string of the molecule is O=C1O[C@@H](C(=O)NCc2cn3ccsc3n2)Cc2ccccc21. The van der Waals surface area contributed by atoms with Crippen LogP contribution in [0, 0.1) is 0 Å². The Hall–Kier alpha value is -2.67. The molecule has 0 saturated carbocycles. The fraction of sp³-hybridized carbons (Fsp3) is 0.188. The quantitative estimate of drug-likeness (QED) is 0.745. The molecule has 0 radical (unpaired) electrons. The number of amides is 1. The Labute approximate surface area is 135 Å². The molecule has 7 heteroatoms. The molecule has 0 bridgehead atoms. The van der Waals surface area contributed by atoms with Gasteiger partial charge in [0.05, 0.1) is 17.8 Å². The Balaban J connectivity index is 1.43. The average Bonchev–Trinajstić information content (AvgIpc) is 3.14. The topological polar surface area (TPSA) is 72.7 Å². The van der Waals surface area contributed by atoms with Crippen LogP contribution in [0.2, 0.25) is 0 Å². The second-order valence-electron chi connectivity index (χ2n) is 5.30. The van der Waals surface area contributed by atoms with Gasteiger partial charge in [0.15, 0.2) is 11.1 Å². The minimum absolute atomic E-state index is 0.302. The van der Waals surface area contributed by atoms with E-state index in [9.17, 15) is 9.59 Å². The summed E-state index contributed by atoms with van der Waals surface area (Å²) in [5, 5.41) is 4.73. The molecule has 6 nitrogen and oxygen atoms in total. The van der Waals surface area contributed by atoms with Crippen LogP contribution in [0.4, 0.5) is 0 Å². The molecule has 0 spiro atoms. The van der Waals surface area contributed by atoms with E-state index in [0.29, 0.717) is 18.5 Å². The molecule has 1 aliphatic rings. The zero-order valence-corrected chi connectivity index (χ0v) is 12.9. The van der Waals surface area contributed by atoms with Crippen molar-refractivity contribution < 1.29 is 14.3 Å². The highest BCUT2D eigenvalue weighted by Crippen LogP contribution is 2.20. The van der Waals surface area contributed by atoms with Gasteiger partial charge in [0, 0.05) is 24.2 Å². The number of nitrogens with zero attached hydrogens (tertiary/aromatic N) is 2. The van der Waals surface area contributed by atoms with Crippen LogP contribution in [-0.4, -0.2) is 27.4 Å². The Bertz CT molecular complexity index is 870. The first-order chi connectivity index (χ1) is 11.2. The van der Waals surface area contributed by atoms with Crippen molar-refractivity contribution in [2.24, 2.45) is 0 Å². The highest BCUT2D eigenvalue weighted by molar-refractivity contribution is 7.15. The van der Waals surface area contributed by atoms with E-state index in [-0.39, 0.29) is 5.91 Å². The van der Waals surface area contributed by atoms with E-state index in [1.165, 1.54) is 11.3 Å². The predicted octanol–water partition coefficient (Wildman–Crippen LogP) is 1.79. The molecule has 0 saturated heterocycles. The second kappa shape index (κ2) is 5.51. The van der Waals surface area contributed by atoms with Gasteiger partial charge < -0.3 is 10.1 Å². The van der Waals surface area contributed by atoms with Crippen LogP contribution in [0.15, 0.2) is 42.0 Å². The van der Waals surface area contributed by atoms with Crippen LogP contribution >= 0.6 is 11.3 Å². The molecular weight excluding hydrogens is 314 g/mol.